The highest BCUT2D eigenvalue weighted by Gasteiger charge is 2.13. The van der Waals surface area contributed by atoms with Gasteiger partial charge in [-0.25, -0.2) is 4.98 Å². The molecule has 0 spiro atoms. The number of hydrogen-bond donors (Lipinski definition) is 2. The van der Waals surface area contributed by atoms with Crippen LogP contribution in [0.2, 0.25) is 0 Å². The van der Waals surface area contributed by atoms with Gasteiger partial charge in [-0.2, -0.15) is 5.10 Å². The van der Waals surface area contributed by atoms with E-state index in [2.05, 4.69) is 10.1 Å². The molecule has 0 amide bonds. The lowest BCUT2D eigenvalue weighted by Crippen LogP contribution is -2.28. The van der Waals surface area contributed by atoms with Gasteiger partial charge in [0.05, 0.1) is 17.2 Å². The van der Waals surface area contributed by atoms with E-state index in [1.165, 1.54) is 6.20 Å². The lowest BCUT2D eigenvalue weighted by Gasteiger charge is -1.96. The minimum Gasteiger partial charge on any atom is -0.423 e. The molecule has 2 aromatic heterocycles. The molecule has 0 unspecified atom stereocenters. The second-order valence-corrected chi connectivity index (χ2v) is 4.27. The molecular formula is C8H10BN3O2S. The second-order valence-electron chi connectivity index (χ2n) is 3.20. The molecule has 0 saturated carbocycles. The first-order valence-corrected chi connectivity index (χ1v) is 5.32. The summed E-state index contributed by atoms with van der Waals surface area (Å²) in [6.07, 6.45) is 3.03. The summed E-state index contributed by atoms with van der Waals surface area (Å²) in [5, 5.41) is 24.8. The van der Waals surface area contributed by atoms with Crippen LogP contribution < -0.4 is 5.46 Å². The van der Waals surface area contributed by atoms with Crippen LogP contribution in [0.3, 0.4) is 0 Å². The van der Waals surface area contributed by atoms with Crippen molar-refractivity contribution in [2.24, 2.45) is 0 Å². The van der Waals surface area contributed by atoms with Gasteiger partial charge in [-0.3, -0.25) is 4.68 Å². The molecule has 0 aromatic carbocycles. The Morgan fingerprint density at radius 3 is 2.87 bits per heavy atom. The lowest BCUT2D eigenvalue weighted by molar-refractivity contribution is 0.425. The monoisotopic (exact) mass is 223 g/mol. The van der Waals surface area contributed by atoms with Gasteiger partial charge in [0.2, 0.25) is 0 Å². The number of aromatic nitrogens is 3. The third kappa shape index (κ3) is 2.44. The van der Waals surface area contributed by atoms with E-state index in [0.717, 1.165) is 10.7 Å². The molecule has 0 aliphatic heterocycles. The van der Waals surface area contributed by atoms with Crippen molar-refractivity contribution in [3.8, 4) is 0 Å². The summed E-state index contributed by atoms with van der Waals surface area (Å²) in [6.45, 7) is 2.50. The Hall–Kier alpha value is -1.18. The maximum atomic E-state index is 8.90. The quantitative estimate of drug-likeness (QED) is 0.680. The fourth-order valence-corrected chi connectivity index (χ4v) is 1.85. The van der Waals surface area contributed by atoms with E-state index in [9.17, 15) is 0 Å². The number of rotatable bonds is 3. The van der Waals surface area contributed by atoms with E-state index in [1.807, 2.05) is 12.3 Å². The van der Waals surface area contributed by atoms with Gasteiger partial charge in [0, 0.05) is 23.2 Å². The van der Waals surface area contributed by atoms with Crippen LogP contribution in [-0.4, -0.2) is 31.9 Å². The first-order chi connectivity index (χ1) is 7.15. The van der Waals surface area contributed by atoms with Gasteiger partial charge in [0.1, 0.15) is 0 Å². The van der Waals surface area contributed by atoms with Crippen molar-refractivity contribution < 1.29 is 10.0 Å². The van der Waals surface area contributed by atoms with Crippen molar-refractivity contribution in [2.75, 3.05) is 0 Å². The minimum absolute atomic E-state index is 0.391. The Morgan fingerprint density at radius 2 is 2.33 bits per heavy atom. The normalized spacial score (nSPS) is 10.6. The van der Waals surface area contributed by atoms with E-state index in [-0.39, 0.29) is 0 Å². The Bertz CT molecular complexity index is 454. The van der Waals surface area contributed by atoms with Crippen molar-refractivity contribution in [2.45, 2.75) is 13.5 Å². The summed E-state index contributed by atoms with van der Waals surface area (Å²) in [4.78, 5) is 4.29. The number of nitrogens with zero attached hydrogens (tertiary/aromatic N) is 3. The minimum atomic E-state index is -1.46. The van der Waals surface area contributed by atoms with Gasteiger partial charge in [0.25, 0.3) is 0 Å². The molecular weight excluding hydrogens is 213 g/mol. The van der Waals surface area contributed by atoms with Crippen LogP contribution in [0, 0.1) is 6.92 Å². The van der Waals surface area contributed by atoms with Gasteiger partial charge in [-0.15, -0.1) is 11.3 Å². The largest absolute Gasteiger partial charge is 0.491 e. The highest BCUT2D eigenvalue weighted by atomic mass is 32.1. The molecule has 2 heterocycles. The molecule has 0 radical (unpaired) electrons. The number of hydrogen-bond acceptors (Lipinski definition) is 5. The average Bonchev–Trinajstić information content (AvgIpc) is 2.76. The van der Waals surface area contributed by atoms with Gasteiger partial charge >= 0.3 is 7.12 Å². The number of thiazole rings is 1. The molecule has 5 nitrogen and oxygen atoms in total. The molecule has 0 bridgehead atoms. The third-order valence-electron chi connectivity index (χ3n) is 1.94. The summed E-state index contributed by atoms with van der Waals surface area (Å²) in [5.74, 6) is 0. The molecule has 0 fully saturated rings. The maximum absolute atomic E-state index is 8.90. The van der Waals surface area contributed by atoms with Crippen LogP contribution >= 0.6 is 11.3 Å². The predicted molar refractivity (Wildman–Crippen MR) is 58.0 cm³/mol. The lowest BCUT2D eigenvalue weighted by atomic mass is 9.83. The molecule has 78 valence electrons. The van der Waals surface area contributed by atoms with Crippen LogP contribution in [-0.2, 0) is 6.54 Å². The second kappa shape index (κ2) is 4.14. The van der Waals surface area contributed by atoms with Crippen LogP contribution in [0.5, 0.6) is 0 Å². The Balaban J connectivity index is 2.11. The van der Waals surface area contributed by atoms with Crippen LogP contribution in [0.1, 0.15) is 10.7 Å². The highest BCUT2D eigenvalue weighted by Crippen LogP contribution is 2.08. The third-order valence-corrected chi connectivity index (χ3v) is 2.76. The number of aryl methyl sites for hydroxylation is 1. The van der Waals surface area contributed by atoms with Crippen LogP contribution in [0.15, 0.2) is 17.8 Å². The first-order valence-electron chi connectivity index (χ1n) is 4.44. The fourth-order valence-electron chi connectivity index (χ4n) is 1.25. The molecule has 0 saturated heterocycles. The van der Waals surface area contributed by atoms with Crippen molar-refractivity contribution in [1.29, 1.82) is 0 Å². The van der Waals surface area contributed by atoms with Gasteiger partial charge in [-0.1, -0.05) is 0 Å². The highest BCUT2D eigenvalue weighted by molar-refractivity contribution is 7.09. The summed E-state index contributed by atoms with van der Waals surface area (Å²) in [7, 11) is -1.46. The predicted octanol–water partition coefficient (Wildman–Crippen LogP) is -0.624. The smallest absolute Gasteiger partial charge is 0.423 e. The standard InChI is InChI=1S/C8H10BN3O2S/c1-6-11-8(5-15-6)4-12-3-7(2-10-12)9(13)14/h2-3,5,13-14H,4H2,1H3. The Labute approximate surface area is 91.2 Å². The zero-order valence-corrected chi connectivity index (χ0v) is 8.98. The van der Waals surface area contributed by atoms with Gasteiger partial charge in [-0.05, 0) is 6.92 Å². The van der Waals surface area contributed by atoms with Crippen LogP contribution in [0.4, 0.5) is 0 Å². The summed E-state index contributed by atoms with van der Waals surface area (Å²) in [6, 6.07) is 0. The Kier molecular flexibility index (Phi) is 2.85. The zero-order valence-electron chi connectivity index (χ0n) is 8.16. The summed E-state index contributed by atoms with van der Waals surface area (Å²) < 4.78 is 1.63. The average molecular weight is 223 g/mol. The van der Waals surface area contributed by atoms with Crippen molar-refractivity contribution in [1.82, 2.24) is 14.8 Å². The molecule has 2 N–H and O–H groups in total. The SMILES string of the molecule is Cc1nc(Cn2cc(B(O)O)cn2)cs1. The topological polar surface area (TPSA) is 71.2 Å². The van der Waals surface area contributed by atoms with E-state index in [0.29, 0.717) is 12.0 Å². The Morgan fingerprint density at radius 1 is 1.53 bits per heavy atom. The molecule has 2 rings (SSSR count). The van der Waals surface area contributed by atoms with Gasteiger partial charge < -0.3 is 10.0 Å². The van der Waals surface area contributed by atoms with Crippen molar-refractivity contribution in [3.05, 3.63) is 28.5 Å². The molecule has 7 heteroatoms. The van der Waals surface area contributed by atoms with Crippen LogP contribution in [0.25, 0.3) is 0 Å². The maximum Gasteiger partial charge on any atom is 0.491 e. The van der Waals surface area contributed by atoms with E-state index < -0.39 is 7.12 Å². The van der Waals surface area contributed by atoms with Gasteiger partial charge in [0.15, 0.2) is 0 Å². The summed E-state index contributed by atoms with van der Waals surface area (Å²) in [5.41, 5.74) is 1.32. The first kappa shape index (κ1) is 10.3. The van der Waals surface area contributed by atoms with Crippen molar-refractivity contribution >= 4 is 23.9 Å². The molecule has 0 atom stereocenters. The summed E-state index contributed by atoms with van der Waals surface area (Å²) >= 11 is 1.59. The van der Waals surface area contributed by atoms with E-state index in [4.69, 9.17) is 10.0 Å². The zero-order chi connectivity index (χ0) is 10.8. The van der Waals surface area contributed by atoms with E-state index >= 15 is 0 Å². The molecule has 15 heavy (non-hydrogen) atoms. The van der Waals surface area contributed by atoms with E-state index in [1.54, 1.807) is 22.2 Å². The fraction of sp³-hybridized carbons (Fsp3) is 0.250. The molecule has 0 aliphatic rings. The molecule has 0 aliphatic carbocycles. The van der Waals surface area contributed by atoms with Crippen molar-refractivity contribution in [3.63, 3.8) is 0 Å². The molecule has 2 aromatic rings.